The third kappa shape index (κ3) is 2.62. The van der Waals surface area contributed by atoms with Crippen LogP contribution >= 0.6 is 10.5 Å². The Hall–Kier alpha value is -1.61. The molecule has 0 fully saturated rings. The molecule has 0 spiro atoms. The number of imidazole rings is 1. The number of benzene rings is 1. The fraction of sp³-hybridized carbons (Fsp3) is 0.200. The number of H-pyrrole nitrogens is 1. The van der Waals surface area contributed by atoms with Crippen LogP contribution in [0.5, 0.6) is 0 Å². The summed E-state index contributed by atoms with van der Waals surface area (Å²) < 4.78 is 0. The summed E-state index contributed by atoms with van der Waals surface area (Å²) in [6, 6.07) is 10.7. The van der Waals surface area contributed by atoms with Crippen molar-refractivity contribution in [1.82, 2.24) is 9.97 Å². The van der Waals surface area contributed by atoms with Crippen LogP contribution in [0.3, 0.4) is 0 Å². The summed E-state index contributed by atoms with van der Waals surface area (Å²) in [7, 11) is 0.275. The lowest BCUT2D eigenvalue weighted by Gasteiger charge is -2.15. The molecule has 3 rings (SSSR count). The van der Waals surface area contributed by atoms with Crippen LogP contribution in [0.4, 0.5) is 0 Å². The molecule has 2 aromatic rings. The minimum Gasteiger partial charge on any atom is -0.348 e. The van der Waals surface area contributed by atoms with Gasteiger partial charge in [-0.2, -0.15) is 10.5 Å². The highest BCUT2D eigenvalue weighted by molar-refractivity contribution is 8.16. The molecule has 18 heavy (non-hydrogen) atoms. The molecule has 1 N–H and O–H groups in total. The molecule has 2 heterocycles. The average Bonchev–Trinajstić information content (AvgIpc) is 2.95. The van der Waals surface area contributed by atoms with E-state index in [9.17, 15) is 0 Å². The van der Waals surface area contributed by atoms with Gasteiger partial charge in [-0.1, -0.05) is 41.8 Å². The maximum atomic E-state index is 4.33. The molecule has 3 heteroatoms. The third-order valence-corrected chi connectivity index (χ3v) is 4.89. The molecular weight excluding hydrogens is 240 g/mol. The molecule has 0 saturated heterocycles. The zero-order valence-electron chi connectivity index (χ0n) is 10.1. The second-order valence-electron chi connectivity index (χ2n) is 4.41. The highest BCUT2D eigenvalue weighted by Crippen LogP contribution is 2.30. The van der Waals surface area contributed by atoms with Crippen molar-refractivity contribution in [1.29, 1.82) is 0 Å². The third-order valence-electron chi connectivity index (χ3n) is 3.10. The van der Waals surface area contributed by atoms with Crippen molar-refractivity contribution in [2.75, 3.05) is 0 Å². The minimum absolute atomic E-state index is 0.275. The molecule has 0 saturated carbocycles. The minimum atomic E-state index is 0.275. The maximum absolute atomic E-state index is 4.33. The number of allylic oxidation sites excluding steroid dienone is 1. The van der Waals surface area contributed by atoms with Crippen molar-refractivity contribution < 1.29 is 0 Å². The summed E-state index contributed by atoms with van der Waals surface area (Å²) in [5.74, 6) is 2.63. The number of hydrogen-bond donors (Lipinski definition) is 1. The number of aromatic amines is 1. The molecule has 2 nitrogen and oxygen atoms in total. The SMILES string of the molecule is C1=CS(Cc2ccccc2)=CCC1c1ncc[nH]1. The van der Waals surface area contributed by atoms with Crippen molar-refractivity contribution in [3.63, 3.8) is 0 Å². The van der Waals surface area contributed by atoms with Crippen LogP contribution in [0.1, 0.15) is 23.7 Å². The van der Waals surface area contributed by atoms with E-state index in [0.29, 0.717) is 5.92 Å². The molecule has 1 aliphatic heterocycles. The lowest BCUT2D eigenvalue weighted by Crippen LogP contribution is -2.02. The molecule has 0 bridgehead atoms. The first kappa shape index (κ1) is 11.5. The number of nitrogens with one attached hydrogen (secondary N) is 1. The van der Waals surface area contributed by atoms with Gasteiger partial charge in [0.2, 0.25) is 0 Å². The summed E-state index contributed by atoms with van der Waals surface area (Å²) in [5.41, 5.74) is 1.41. The summed E-state index contributed by atoms with van der Waals surface area (Å²) in [6.45, 7) is 0. The molecule has 0 aliphatic carbocycles. The van der Waals surface area contributed by atoms with Gasteiger partial charge in [-0.3, -0.25) is 0 Å². The first-order valence-electron chi connectivity index (χ1n) is 6.15. The lowest BCUT2D eigenvalue weighted by molar-refractivity contribution is 0.829. The molecule has 2 atom stereocenters. The molecule has 92 valence electrons. The van der Waals surface area contributed by atoms with Crippen LogP contribution in [-0.2, 0) is 5.75 Å². The predicted octanol–water partition coefficient (Wildman–Crippen LogP) is 3.68. The normalized spacial score (nSPS) is 22.7. The molecule has 1 aromatic carbocycles. The second kappa shape index (κ2) is 5.36. The van der Waals surface area contributed by atoms with E-state index >= 15 is 0 Å². The summed E-state index contributed by atoms with van der Waals surface area (Å²) in [5, 5.41) is 4.77. The number of hydrogen-bond acceptors (Lipinski definition) is 1. The van der Waals surface area contributed by atoms with Gasteiger partial charge in [0, 0.05) is 24.1 Å². The predicted molar refractivity (Wildman–Crippen MR) is 78.9 cm³/mol. The van der Waals surface area contributed by atoms with Crippen LogP contribution in [0, 0.1) is 0 Å². The molecule has 0 radical (unpaired) electrons. The van der Waals surface area contributed by atoms with Gasteiger partial charge in [0.1, 0.15) is 5.82 Å². The van der Waals surface area contributed by atoms with Gasteiger partial charge >= 0.3 is 0 Å². The smallest absolute Gasteiger partial charge is 0.113 e. The van der Waals surface area contributed by atoms with Crippen LogP contribution in [0.2, 0.25) is 0 Å². The number of rotatable bonds is 3. The Morgan fingerprint density at radius 3 is 2.83 bits per heavy atom. The monoisotopic (exact) mass is 256 g/mol. The Morgan fingerprint density at radius 1 is 1.28 bits per heavy atom. The molecular formula is C15H16N2S. The topological polar surface area (TPSA) is 28.7 Å². The van der Waals surface area contributed by atoms with Crippen molar-refractivity contribution in [3.8, 4) is 0 Å². The molecule has 2 unspecified atom stereocenters. The van der Waals surface area contributed by atoms with Gasteiger partial charge in [0.05, 0.1) is 0 Å². The van der Waals surface area contributed by atoms with E-state index < -0.39 is 0 Å². The highest BCUT2D eigenvalue weighted by atomic mass is 32.2. The van der Waals surface area contributed by atoms with Gasteiger partial charge in [0.15, 0.2) is 0 Å². The van der Waals surface area contributed by atoms with E-state index in [-0.39, 0.29) is 10.5 Å². The van der Waals surface area contributed by atoms with E-state index in [4.69, 9.17) is 0 Å². The van der Waals surface area contributed by atoms with Crippen molar-refractivity contribution in [2.45, 2.75) is 18.1 Å². The van der Waals surface area contributed by atoms with E-state index in [2.05, 4.69) is 57.2 Å². The zero-order chi connectivity index (χ0) is 12.2. The summed E-state index contributed by atoms with van der Waals surface area (Å²) >= 11 is 0. The number of nitrogens with zero attached hydrogens (tertiary/aromatic N) is 1. The maximum Gasteiger partial charge on any atom is 0.113 e. The summed E-state index contributed by atoms with van der Waals surface area (Å²) in [6.07, 6.45) is 7.09. The highest BCUT2D eigenvalue weighted by Gasteiger charge is 2.12. The Morgan fingerprint density at radius 2 is 2.17 bits per heavy atom. The van der Waals surface area contributed by atoms with Crippen LogP contribution < -0.4 is 0 Å². The van der Waals surface area contributed by atoms with Crippen molar-refractivity contribution >= 4 is 15.9 Å². The lowest BCUT2D eigenvalue weighted by atomic mass is 10.1. The van der Waals surface area contributed by atoms with Crippen LogP contribution in [0.25, 0.3) is 0 Å². The zero-order valence-corrected chi connectivity index (χ0v) is 10.9. The fourth-order valence-electron chi connectivity index (χ4n) is 2.11. The van der Waals surface area contributed by atoms with Gasteiger partial charge in [-0.25, -0.2) is 4.98 Å². The quantitative estimate of drug-likeness (QED) is 0.834. The van der Waals surface area contributed by atoms with E-state index in [1.807, 2.05) is 12.4 Å². The van der Waals surface area contributed by atoms with E-state index in [1.54, 1.807) is 0 Å². The summed E-state index contributed by atoms with van der Waals surface area (Å²) in [4.78, 5) is 7.52. The first-order chi connectivity index (χ1) is 8.92. The average molecular weight is 256 g/mol. The van der Waals surface area contributed by atoms with Gasteiger partial charge in [-0.05, 0) is 17.4 Å². The largest absolute Gasteiger partial charge is 0.348 e. The van der Waals surface area contributed by atoms with Gasteiger partial charge < -0.3 is 4.98 Å². The van der Waals surface area contributed by atoms with Crippen molar-refractivity contribution in [2.24, 2.45) is 0 Å². The number of aromatic nitrogens is 2. The van der Waals surface area contributed by atoms with Gasteiger partial charge in [0.25, 0.3) is 0 Å². The fourth-order valence-corrected chi connectivity index (χ4v) is 3.86. The van der Waals surface area contributed by atoms with E-state index in [0.717, 1.165) is 18.0 Å². The Bertz CT molecular complexity index is 555. The molecule has 1 aromatic heterocycles. The Labute approximate surface area is 110 Å². The molecule has 1 aliphatic rings. The van der Waals surface area contributed by atoms with Crippen LogP contribution in [-0.4, -0.2) is 15.3 Å². The Balaban J connectivity index is 1.67. The van der Waals surface area contributed by atoms with Crippen molar-refractivity contribution in [3.05, 3.63) is 65.6 Å². The van der Waals surface area contributed by atoms with Crippen LogP contribution in [0.15, 0.2) is 54.2 Å². The standard InChI is InChI=1S/C15H16N2S/c1-2-4-13(5-3-1)12-18-10-6-14(7-11-18)15-16-8-9-17-15/h1-6,8-11,14H,7,12H2,(H,16,17). The second-order valence-corrected chi connectivity index (χ2v) is 6.24. The van der Waals surface area contributed by atoms with E-state index in [1.165, 1.54) is 5.56 Å². The van der Waals surface area contributed by atoms with Gasteiger partial charge in [-0.15, -0.1) is 0 Å². The first-order valence-corrected chi connectivity index (χ1v) is 7.67. The molecule has 0 amide bonds. The Kier molecular flexibility index (Phi) is 3.42.